The van der Waals surface area contributed by atoms with Crippen LogP contribution in [0.1, 0.15) is 25.8 Å². The fourth-order valence-electron chi connectivity index (χ4n) is 1.52. The Balaban J connectivity index is 2.95. The van der Waals surface area contributed by atoms with Gasteiger partial charge in [0, 0.05) is 6.54 Å². The quantitative estimate of drug-likeness (QED) is 0.819. The Morgan fingerprint density at radius 3 is 2.56 bits per heavy atom. The predicted molar refractivity (Wildman–Crippen MR) is 75.2 cm³/mol. The van der Waals surface area contributed by atoms with Gasteiger partial charge in [0.05, 0.1) is 15.6 Å². The topological polar surface area (TPSA) is 72.2 Å². The monoisotopic (exact) mass is 290 g/mol. The molecule has 1 rings (SSSR count). The number of hydrogen-bond donors (Lipinski definition) is 2. The molecule has 0 atom stereocenters. The van der Waals surface area contributed by atoms with Crippen molar-refractivity contribution >= 4 is 27.3 Å². The van der Waals surface area contributed by atoms with Gasteiger partial charge in [-0.3, -0.25) is 0 Å². The highest BCUT2D eigenvalue weighted by molar-refractivity contribution is 7.89. The zero-order valence-electron chi connectivity index (χ0n) is 10.8. The van der Waals surface area contributed by atoms with Crippen LogP contribution in [0.5, 0.6) is 0 Å². The first-order valence-corrected chi connectivity index (χ1v) is 7.65. The number of anilines is 1. The van der Waals surface area contributed by atoms with Crippen LogP contribution < -0.4 is 10.5 Å². The zero-order valence-corrected chi connectivity index (χ0v) is 12.4. The molecule has 1 aromatic carbocycles. The van der Waals surface area contributed by atoms with E-state index in [-0.39, 0.29) is 10.6 Å². The molecule has 18 heavy (non-hydrogen) atoms. The Kier molecular flexibility index (Phi) is 5.01. The van der Waals surface area contributed by atoms with E-state index in [4.69, 9.17) is 17.3 Å². The third-order valence-corrected chi connectivity index (χ3v) is 4.53. The Morgan fingerprint density at radius 1 is 1.39 bits per heavy atom. The van der Waals surface area contributed by atoms with Crippen molar-refractivity contribution in [2.45, 2.75) is 32.1 Å². The highest BCUT2D eigenvalue weighted by Gasteiger charge is 2.17. The molecular formula is C12H19ClN2O2S. The van der Waals surface area contributed by atoms with E-state index in [0.717, 1.165) is 6.42 Å². The fraction of sp³-hybridized carbons (Fsp3) is 0.500. The first-order chi connectivity index (χ1) is 8.24. The molecule has 102 valence electrons. The number of nitrogens with one attached hydrogen (secondary N) is 1. The lowest BCUT2D eigenvalue weighted by Crippen LogP contribution is -2.26. The molecule has 0 bridgehead atoms. The van der Waals surface area contributed by atoms with Crippen LogP contribution >= 0.6 is 11.6 Å². The van der Waals surface area contributed by atoms with Gasteiger partial charge in [0.25, 0.3) is 0 Å². The summed E-state index contributed by atoms with van der Waals surface area (Å²) >= 11 is 5.84. The maximum atomic E-state index is 12.1. The second kappa shape index (κ2) is 5.91. The van der Waals surface area contributed by atoms with Crippen LogP contribution in [-0.2, 0) is 10.0 Å². The molecule has 3 N–H and O–H groups in total. The Morgan fingerprint density at radius 2 is 2.00 bits per heavy atom. The average Bonchev–Trinajstić information content (AvgIpc) is 2.22. The summed E-state index contributed by atoms with van der Waals surface area (Å²) < 4.78 is 26.7. The van der Waals surface area contributed by atoms with Gasteiger partial charge >= 0.3 is 0 Å². The van der Waals surface area contributed by atoms with Gasteiger partial charge in [0.1, 0.15) is 0 Å². The molecule has 0 amide bonds. The number of aryl methyl sites for hydroxylation is 1. The first-order valence-electron chi connectivity index (χ1n) is 5.79. The summed E-state index contributed by atoms with van der Waals surface area (Å²) in [5.74, 6) is 0.448. The van der Waals surface area contributed by atoms with Crippen LogP contribution in [0, 0.1) is 12.8 Å². The van der Waals surface area contributed by atoms with Gasteiger partial charge < -0.3 is 5.73 Å². The molecule has 1 aromatic rings. The van der Waals surface area contributed by atoms with Crippen LogP contribution in [-0.4, -0.2) is 15.0 Å². The van der Waals surface area contributed by atoms with Crippen LogP contribution in [0.25, 0.3) is 0 Å². The largest absolute Gasteiger partial charge is 0.397 e. The number of hydrogen-bond acceptors (Lipinski definition) is 3. The van der Waals surface area contributed by atoms with Crippen LogP contribution in [0.4, 0.5) is 5.69 Å². The lowest BCUT2D eigenvalue weighted by molar-refractivity contribution is 0.551. The van der Waals surface area contributed by atoms with Crippen molar-refractivity contribution in [3.8, 4) is 0 Å². The molecule has 0 spiro atoms. The highest BCUT2D eigenvalue weighted by Crippen LogP contribution is 2.26. The third-order valence-electron chi connectivity index (χ3n) is 2.60. The molecule has 0 saturated heterocycles. The standard InChI is InChI=1S/C12H19ClN2O2S/c1-8(2)4-5-15-18(16,17)12-7-11(14)10(13)6-9(12)3/h6-8,15H,4-5,14H2,1-3H3. The Bertz CT molecular complexity index is 527. The van der Waals surface area contributed by atoms with Crippen molar-refractivity contribution in [1.82, 2.24) is 4.72 Å². The molecular weight excluding hydrogens is 272 g/mol. The summed E-state index contributed by atoms with van der Waals surface area (Å²) in [4.78, 5) is 0.188. The summed E-state index contributed by atoms with van der Waals surface area (Å²) in [7, 11) is -3.51. The molecule has 0 unspecified atom stereocenters. The second-order valence-corrected chi connectivity index (χ2v) is 6.86. The summed E-state index contributed by atoms with van der Waals surface area (Å²) in [6.45, 7) is 6.20. The highest BCUT2D eigenvalue weighted by atomic mass is 35.5. The Labute approximate surface area is 114 Å². The third kappa shape index (κ3) is 3.86. The molecule has 0 saturated carbocycles. The van der Waals surface area contributed by atoms with E-state index >= 15 is 0 Å². The van der Waals surface area contributed by atoms with Crippen molar-refractivity contribution in [3.63, 3.8) is 0 Å². The normalized spacial score (nSPS) is 12.1. The predicted octanol–water partition coefficient (Wildman–Crippen LogP) is 2.56. The van der Waals surface area contributed by atoms with E-state index in [9.17, 15) is 8.42 Å². The SMILES string of the molecule is Cc1cc(Cl)c(N)cc1S(=O)(=O)NCCC(C)C. The van der Waals surface area contributed by atoms with E-state index in [1.807, 2.05) is 13.8 Å². The summed E-state index contributed by atoms with van der Waals surface area (Å²) in [5.41, 5.74) is 6.50. The van der Waals surface area contributed by atoms with Gasteiger partial charge in [0.15, 0.2) is 0 Å². The van der Waals surface area contributed by atoms with Crippen molar-refractivity contribution in [1.29, 1.82) is 0 Å². The van der Waals surface area contributed by atoms with Gasteiger partial charge in [-0.25, -0.2) is 13.1 Å². The van der Waals surface area contributed by atoms with Crippen LogP contribution in [0.3, 0.4) is 0 Å². The molecule has 0 heterocycles. The zero-order chi connectivity index (χ0) is 13.9. The van der Waals surface area contributed by atoms with Crippen LogP contribution in [0.2, 0.25) is 5.02 Å². The minimum absolute atomic E-state index is 0.188. The van der Waals surface area contributed by atoms with Crippen LogP contribution in [0.15, 0.2) is 17.0 Å². The van der Waals surface area contributed by atoms with Gasteiger partial charge in [-0.15, -0.1) is 0 Å². The molecule has 0 aliphatic carbocycles. The lowest BCUT2D eigenvalue weighted by atomic mass is 10.1. The van der Waals surface area contributed by atoms with Crippen molar-refractivity contribution in [3.05, 3.63) is 22.7 Å². The van der Waals surface area contributed by atoms with Gasteiger partial charge in [0.2, 0.25) is 10.0 Å². The first kappa shape index (κ1) is 15.3. The Hall–Kier alpha value is -0.780. The lowest BCUT2D eigenvalue weighted by Gasteiger charge is -2.11. The maximum Gasteiger partial charge on any atom is 0.240 e. The van der Waals surface area contributed by atoms with E-state index in [0.29, 0.717) is 23.0 Å². The number of sulfonamides is 1. The van der Waals surface area contributed by atoms with E-state index in [2.05, 4.69) is 4.72 Å². The van der Waals surface area contributed by atoms with Gasteiger partial charge in [-0.05, 0) is 37.0 Å². The molecule has 4 nitrogen and oxygen atoms in total. The van der Waals surface area contributed by atoms with Crippen molar-refractivity contribution < 1.29 is 8.42 Å². The van der Waals surface area contributed by atoms with E-state index in [1.54, 1.807) is 13.0 Å². The number of nitrogen functional groups attached to an aromatic ring is 1. The number of nitrogens with two attached hydrogens (primary N) is 1. The molecule has 6 heteroatoms. The summed E-state index contributed by atoms with van der Waals surface area (Å²) in [6, 6.07) is 2.96. The molecule has 0 aliphatic rings. The second-order valence-electron chi connectivity index (χ2n) is 4.72. The van der Waals surface area contributed by atoms with Gasteiger partial charge in [-0.2, -0.15) is 0 Å². The van der Waals surface area contributed by atoms with Gasteiger partial charge in [-0.1, -0.05) is 25.4 Å². The summed E-state index contributed by atoms with van der Waals surface area (Å²) in [5, 5.41) is 0.369. The van der Waals surface area contributed by atoms with E-state index < -0.39 is 10.0 Å². The molecule has 0 aliphatic heterocycles. The molecule has 0 fully saturated rings. The smallest absolute Gasteiger partial charge is 0.240 e. The molecule has 0 radical (unpaired) electrons. The van der Waals surface area contributed by atoms with Crippen molar-refractivity contribution in [2.75, 3.05) is 12.3 Å². The summed E-state index contributed by atoms with van der Waals surface area (Å²) in [6.07, 6.45) is 0.793. The maximum absolute atomic E-state index is 12.1. The van der Waals surface area contributed by atoms with Crippen molar-refractivity contribution in [2.24, 2.45) is 5.92 Å². The number of rotatable bonds is 5. The minimum Gasteiger partial charge on any atom is -0.397 e. The van der Waals surface area contributed by atoms with E-state index in [1.165, 1.54) is 6.07 Å². The molecule has 0 aromatic heterocycles. The average molecular weight is 291 g/mol. The number of benzene rings is 1. The number of halogens is 1. The minimum atomic E-state index is -3.51. The fourth-order valence-corrected chi connectivity index (χ4v) is 3.04.